The van der Waals surface area contributed by atoms with E-state index in [9.17, 15) is 4.79 Å². The Morgan fingerprint density at radius 1 is 0.667 bits per heavy atom. The molecule has 1 N–H and O–H groups in total. The number of hydrogen-bond donors (Lipinski definition) is 1. The monoisotopic (exact) mass is 411 g/mol. The fraction of sp³-hybridized carbons (Fsp3) is 0.750. The smallest absolute Gasteiger partial charge is 0.220 e. The van der Waals surface area contributed by atoms with Crippen LogP contribution in [0.15, 0.2) is 0 Å². The lowest BCUT2D eigenvalue weighted by molar-refractivity contribution is -0.120. The van der Waals surface area contributed by atoms with Gasteiger partial charge >= 0.3 is 0 Å². The molecule has 0 aromatic rings. The zero-order chi connectivity index (χ0) is 22.0. The molecule has 0 heterocycles. The predicted molar refractivity (Wildman–Crippen MR) is 131 cm³/mol. The standard InChI is InChI=1S/C28H45NO/c1-3-5-6-7-8-9-10-11-12-13-14-15-16-17-18-19-20-21-22-23-24-25-26-28(30)29-27-4-2/h2H,3,5-14,19-27H2,1H3,(H,29,30). The molecule has 30 heavy (non-hydrogen) atoms. The summed E-state index contributed by atoms with van der Waals surface area (Å²) < 4.78 is 0. The molecule has 2 nitrogen and oxygen atoms in total. The third-order valence-electron chi connectivity index (χ3n) is 5.24. The molecule has 0 fully saturated rings. The lowest BCUT2D eigenvalue weighted by atomic mass is 10.1. The van der Waals surface area contributed by atoms with Gasteiger partial charge in [0, 0.05) is 19.3 Å². The molecule has 1 amide bonds. The van der Waals surface area contributed by atoms with E-state index < -0.39 is 0 Å². The number of carbonyl (C=O) groups excluding carboxylic acids is 1. The molecular weight excluding hydrogens is 366 g/mol. The molecule has 0 aromatic heterocycles. The van der Waals surface area contributed by atoms with Gasteiger partial charge in [0.1, 0.15) is 0 Å². The molecule has 0 saturated heterocycles. The van der Waals surface area contributed by atoms with Crippen molar-refractivity contribution in [1.82, 2.24) is 5.32 Å². The fourth-order valence-electron chi connectivity index (χ4n) is 3.36. The third-order valence-corrected chi connectivity index (χ3v) is 5.24. The van der Waals surface area contributed by atoms with Crippen molar-refractivity contribution in [3.05, 3.63) is 0 Å². The van der Waals surface area contributed by atoms with E-state index >= 15 is 0 Å². The van der Waals surface area contributed by atoms with Crippen molar-refractivity contribution in [3.8, 4) is 36.0 Å². The van der Waals surface area contributed by atoms with E-state index in [0.29, 0.717) is 13.0 Å². The maximum absolute atomic E-state index is 11.4. The molecular formula is C28H45NO. The summed E-state index contributed by atoms with van der Waals surface area (Å²) in [7, 11) is 0. The molecule has 0 spiro atoms. The predicted octanol–water partition coefficient (Wildman–Crippen LogP) is 7.17. The number of hydrogen-bond acceptors (Lipinski definition) is 1. The maximum atomic E-state index is 11.4. The lowest BCUT2D eigenvalue weighted by Crippen LogP contribution is -2.22. The minimum atomic E-state index is 0.0671. The van der Waals surface area contributed by atoms with Gasteiger partial charge in [0.15, 0.2) is 0 Å². The third kappa shape index (κ3) is 24.2. The van der Waals surface area contributed by atoms with Crippen molar-refractivity contribution in [2.45, 2.75) is 129 Å². The molecule has 0 aliphatic heterocycles. The van der Waals surface area contributed by atoms with Gasteiger partial charge in [-0.1, -0.05) is 108 Å². The lowest BCUT2D eigenvalue weighted by Gasteiger charge is -2.01. The van der Waals surface area contributed by atoms with Crippen LogP contribution in [0, 0.1) is 36.0 Å². The molecule has 0 aliphatic rings. The van der Waals surface area contributed by atoms with E-state index in [4.69, 9.17) is 6.42 Å². The summed E-state index contributed by atoms with van der Waals surface area (Å²) >= 11 is 0. The van der Waals surface area contributed by atoms with Crippen molar-refractivity contribution in [1.29, 1.82) is 0 Å². The van der Waals surface area contributed by atoms with Crippen molar-refractivity contribution in [2.75, 3.05) is 6.54 Å². The Balaban J connectivity index is 3.29. The Morgan fingerprint density at radius 2 is 1.10 bits per heavy atom. The maximum Gasteiger partial charge on any atom is 0.220 e. The number of nitrogens with one attached hydrogen (secondary N) is 1. The average molecular weight is 412 g/mol. The Kier molecular flexibility index (Phi) is 23.6. The number of terminal acetylenes is 1. The van der Waals surface area contributed by atoms with Gasteiger partial charge in [-0.25, -0.2) is 0 Å². The number of carbonyl (C=O) groups is 1. The van der Waals surface area contributed by atoms with Crippen LogP contribution in [0.5, 0.6) is 0 Å². The summed E-state index contributed by atoms with van der Waals surface area (Å²) in [6.07, 6.45) is 28.2. The molecule has 0 bridgehead atoms. The summed E-state index contributed by atoms with van der Waals surface area (Å²) in [4.78, 5) is 11.4. The van der Waals surface area contributed by atoms with E-state index in [1.165, 1.54) is 83.5 Å². The van der Waals surface area contributed by atoms with Gasteiger partial charge in [0.2, 0.25) is 5.91 Å². The largest absolute Gasteiger partial charge is 0.345 e. The van der Waals surface area contributed by atoms with Gasteiger partial charge < -0.3 is 5.32 Å². The minimum Gasteiger partial charge on any atom is -0.345 e. The van der Waals surface area contributed by atoms with E-state index in [1.807, 2.05) is 0 Å². The highest BCUT2D eigenvalue weighted by atomic mass is 16.1. The fourth-order valence-corrected chi connectivity index (χ4v) is 3.36. The highest BCUT2D eigenvalue weighted by Gasteiger charge is 1.98. The zero-order valence-electron chi connectivity index (χ0n) is 19.6. The Bertz CT molecular complexity index is 549. The molecule has 0 saturated carbocycles. The molecule has 2 heteroatoms. The Morgan fingerprint density at radius 3 is 1.57 bits per heavy atom. The highest BCUT2D eigenvalue weighted by Crippen LogP contribution is 2.11. The molecule has 0 unspecified atom stereocenters. The molecule has 0 aliphatic carbocycles. The van der Waals surface area contributed by atoms with Gasteiger partial charge in [0.25, 0.3) is 0 Å². The summed E-state index contributed by atoms with van der Waals surface area (Å²) in [5.74, 6) is 14.8. The van der Waals surface area contributed by atoms with E-state index in [1.54, 1.807) is 0 Å². The van der Waals surface area contributed by atoms with E-state index in [0.717, 1.165) is 32.1 Å². The Hall–Kier alpha value is -1.85. The summed E-state index contributed by atoms with van der Waals surface area (Å²) in [5.41, 5.74) is 0. The second kappa shape index (κ2) is 25.2. The van der Waals surface area contributed by atoms with Gasteiger partial charge in [-0.3, -0.25) is 4.79 Å². The SMILES string of the molecule is C#CCNC(=O)CCCCCCCCC#CC#CCCCCCCCCCCCC. The molecule has 0 aromatic carbocycles. The Labute approximate surface area is 187 Å². The first kappa shape index (κ1) is 28.1. The molecule has 0 radical (unpaired) electrons. The van der Waals surface area contributed by atoms with Crippen molar-refractivity contribution in [2.24, 2.45) is 0 Å². The summed E-state index contributed by atoms with van der Waals surface area (Å²) in [5, 5.41) is 2.69. The summed E-state index contributed by atoms with van der Waals surface area (Å²) in [6, 6.07) is 0. The van der Waals surface area contributed by atoms with Gasteiger partial charge in [0.05, 0.1) is 6.54 Å². The van der Waals surface area contributed by atoms with Crippen LogP contribution in [-0.2, 0) is 4.79 Å². The first-order valence-corrected chi connectivity index (χ1v) is 12.5. The topological polar surface area (TPSA) is 29.1 Å². The molecule has 0 rings (SSSR count). The van der Waals surface area contributed by atoms with E-state index in [2.05, 4.69) is 41.8 Å². The quantitative estimate of drug-likeness (QED) is 0.177. The molecule has 168 valence electrons. The van der Waals surface area contributed by atoms with Crippen molar-refractivity contribution in [3.63, 3.8) is 0 Å². The first-order valence-electron chi connectivity index (χ1n) is 12.5. The van der Waals surface area contributed by atoms with Crippen LogP contribution in [0.25, 0.3) is 0 Å². The second-order valence-corrected chi connectivity index (χ2v) is 8.14. The molecule has 0 atom stereocenters. The van der Waals surface area contributed by atoms with Crippen LogP contribution in [0.4, 0.5) is 0 Å². The summed E-state index contributed by atoms with van der Waals surface area (Å²) in [6.45, 7) is 2.61. The van der Waals surface area contributed by atoms with Crippen LogP contribution in [0.1, 0.15) is 129 Å². The normalized spacial score (nSPS) is 9.73. The highest BCUT2D eigenvalue weighted by molar-refractivity contribution is 5.76. The number of amides is 1. The first-order chi connectivity index (χ1) is 14.8. The van der Waals surface area contributed by atoms with E-state index in [-0.39, 0.29) is 5.91 Å². The second-order valence-electron chi connectivity index (χ2n) is 8.14. The van der Waals surface area contributed by atoms with Crippen molar-refractivity contribution < 1.29 is 4.79 Å². The van der Waals surface area contributed by atoms with Gasteiger partial charge in [-0.2, -0.15) is 0 Å². The van der Waals surface area contributed by atoms with Crippen LogP contribution in [-0.4, -0.2) is 12.5 Å². The average Bonchev–Trinajstić information content (AvgIpc) is 2.75. The van der Waals surface area contributed by atoms with Crippen LogP contribution in [0.3, 0.4) is 0 Å². The van der Waals surface area contributed by atoms with Crippen LogP contribution >= 0.6 is 0 Å². The number of rotatable bonds is 19. The van der Waals surface area contributed by atoms with Crippen molar-refractivity contribution >= 4 is 5.91 Å². The van der Waals surface area contributed by atoms with Gasteiger partial charge in [-0.05, 0) is 31.1 Å². The zero-order valence-corrected chi connectivity index (χ0v) is 19.6. The number of unbranched alkanes of at least 4 members (excludes halogenated alkanes) is 16. The van der Waals surface area contributed by atoms with Crippen LogP contribution < -0.4 is 5.32 Å². The van der Waals surface area contributed by atoms with Crippen LogP contribution in [0.2, 0.25) is 0 Å². The van der Waals surface area contributed by atoms with Gasteiger partial charge in [-0.15, -0.1) is 6.42 Å². The minimum absolute atomic E-state index is 0.0671.